The number of carbonyl (C=O) groups excluding carboxylic acids is 2. The number of hydrogen-bond donors (Lipinski definition) is 1. The molecular weight excluding hydrogens is 394 g/mol. The molecule has 1 N–H and O–H groups in total. The Bertz CT molecular complexity index is 919. The van der Waals surface area contributed by atoms with Crippen LogP contribution >= 0.6 is 22.7 Å². The number of amides is 1. The predicted molar refractivity (Wildman–Crippen MR) is 101 cm³/mol. The molecule has 3 heterocycles. The third kappa shape index (κ3) is 3.88. The van der Waals surface area contributed by atoms with Gasteiger partial charge in [-0.25, -0.2) is 13.4 Å². The summed E-state index contributed by atoms with van der Waals surface area (Å²) < 4.78 is 27.0. The van der Waals surface area contributed by atoms with E-state index in [-0.39, 0.29) is 18.2 Å². The maximum Gasteiger partial charge on any atom is 0.252 e. The predicted octanol–water partition coefficient (Wildman–Crippen LogP) is 2.76. The number of sulfonamides is 1. The van der Waals surface area contributed by atoms with E-state index in [1.807, 2.05) is 0 Å². The molecule has 0 aliphatic carbocycles. The van der Waals surface area contributed by atoms with Gasteiger partial charge in [0.1, 0.15) is 4.21 Å². The molecular formula is C16H19N3O4S3. The summed E-state index contributed by atoms with van der Waals surface area (Å²) in [5.41, 5.74) is 0.586. The first-order chi connectivity index (χ1) is 12.3. The second-order valence-electron chi connectivity index (χ2n) is 6.11. The van der Waals surface area contributed by atoms with Gasteiger partial charge in [-0.15, -0.1) is 11.3 Å². The molecule has 10 heteroatoms. The van der Waals surface area contributed by atoms with E-state index in [4.69, 9.17) is 0 Å². The first-order valence-corrected chi connectivity index (χ1v) is 11.3. The Kier molecular flexibility index (Phi) is 5.56. The fourth-order valence-electron chi connectivity index (χ4n) is 2.90. The fourth-order valence-corrected chi connectivity index (χ4v) is 6.43. The van der Waals surface area contributed by atoms with Crippen LogP contribution in [0.3, 0.4) is 0 Å². The minimum Gasteiger partial charge on any atom is -0.302 e. The van der Waals surface area contributed by atoms with Gasteiger partial charge in [0.05, 0.1) is 16.5 Å². The van der Waals surface area contributed by atoms with Crippen molar-refractivity contribution < 1.29 is 18.0 Å². The quantitative estimate of drug-likeness (QED) is 0.760. The van der Waals surface area contributed by atoms with Gasteiger partial charge in [-0.1, -0.05) is 17.4 Å². The third-order valence-corrected chi connectivity index (χ3v) is 8.60. The smallest absolute Gasteiger partial charge is 0.252 e. The van der Waals surface area contributed by atoms with Crippen molar-refractivity contribution in [1.29, 1.82) is 0 Å². The Labute approximate surface area is 160 Å². The highest BCUT2D eigenvalue weighted by molar-refractivity contribution is 7.91. The maximum atomic E-state index is 12.7. The molecule has 1 saturated heterocycles. The van der Waals surface area contributed by atoms with E-state index in [1.165, 1.54) is 22.6 Å². The number of anilines is 1. The van der Waals surface area contributed by atoms with Crippen LogP contribution in [0.5, 0.6) is 0 Å². The van der Waals surface area contributed by atoms with Gasteiger partial charge in [0, 0.05) is 20.0 Å². The summed E-state index contributed by atoms with van der Waals surface area (Å²) in [7, 11) is -3.56. The van der Waals surface area contributed by atoms with Crippen LogP contribution in [0.4, 0.5) is 5.13 Å². The zero-order valence-electron chi connectivity index (χ0n) is 14.4. The molecule has 7 nitrogen and oxygen atoms in total. The van der Waals surface area contributed by atoms with Crippen molar-refractivity contribution in [2.24, 2.45) is 5.92 Å². The number of rotatable bonds is 5. The number of nitrogens with one attached hydrogen (secondary N) is 1. The van der Waals surface area contributed by atoms with Gasteiger partial charge in [-0.2, -0.15) is 4.31 Å². The first-order valence-electron chi connectivity index (χ1n) is 8.12. The van der Waals surface area contributed by atoms with Crippen molar-refractivity contribution in [2.75, 3.05) is 18.4 Å². The number of piperidine rings is 1. The van der Waals surface area contributed by atoms with Crippen LogP contribution in [0.2, 0.25) is 0 Å². The van der Waals surface area contributed by atoms with Crippen LogP contribution in [0.15, 0.2) is 21.7 Å². The third-order valence-electron chi connectivity index (χ3n) is 4.19. The van der Waals surface area contributed by atoms with E-state index in [0.29, 0.717) is 39.3 Å². The Hall–Kier alpha value is -1.62. The standard InChI is InChI=1S/C16H19N3O4S3/c1-10-14(11(2)20)25-16(17-10)18-15(21)12-5-3-7-19(9-12)26(22,23)13-6-4-8-24-13/h4,6,8,12H,3,5,7,9H2,1-2H3,(H,17,18,21). The number of nitrogens with zero attached hydrogens (tertiary/aromatic N) is 2. The molecule has 0 spiro atoms. The minimum absolute atomic E-state index is 0.0913. The number of hydrogen-bond acceptors (Lipinski definition) is 7. The average Bonchev–Trinajstić information content (AvgIpc) is 3.25. The Morgan fingerprint density at radius 1 is 1.38 bits per heavy atom. The molecule has 1 aliphatic heterocycles. The molecule has 1 atom stereocenters. The molecule has 1 amide bonds. The van der Waals surface area contributed by atoms with Gasteiger partial charge in [-0.05, 0) is 31.2 Å². The van der Waals surface area contributed by atoms with Crippen molar-refractivity contribution >= 4 is 49.5 Å². The number of Topliss-reactive ketones (excluding diaryl/α,β-unsaturated/α-hetero) is 1. The Morgan fingerprint density at radius 3 is 2.77 bits per heavy atom. The van der Waals surface area contributed by atoms with Crippen LogP contribution < -0.4 is 5.32 Å². The Balaban J connectivity index is 1.70. The molecule has 1 aliphatic rings. The molecule has 140 valence electrons. The number of aryl methyl sites for hydroxylation is 1. The lowest BCUT2D eigenvalue weighted by Gasteiger charge is -2.30. The van der Waals surface area contributed by atoms with E-state index in [2.05, 4.69) is 10.3 Å². The number of thiophene rings is 1. The van der Waals surface area contributed by atoms with E-state index >= 15 is 0 Å². The summed E-state index contributed by atoms with van der Waals surface area (Å²) in [5, 5.41) is 4.82. The van der Waals surface area contributed by atoms with Crippen molar-refractivity contribution in [3.63, 3.8) is 0 Å². The molecule has 2 aromatic heterocycles. The maximum absolute atomic E-state index is 12.7. The van der Waals surface area contributed by atoms with Gasteiger partial charge < -0.3 is 5.32 Å². The molecule has 3 rings (SSSR count). The van der Waals surface area contributed by atoms with Crippen LogP contribution in [-0.2, 0) is 14.8 Å². The lowest BCUT2D eigenvalue weighted by molar-refractivity contribution is -0.120. The first kappa shape index (κ1) is 19.2. The highest BCUT2D eigenvalue weighted by atomic mass is 32.2. The van der Waals surface area contributed by atoms with E-state index in [1.54, 1.807) is 24.4 Å². The lowest BCUT2D eigenvalue weighted by Crippen LogP contribution is -2.43. The largest absolute Gasteiger partial charge is 0.302 e. The van der Waals surface area contributed by atoms with Crippen molar-refractivity contribution in [2.45, 2.75) is 30.9 Å². The van der Waals surface area contributed by atoms with Crippen LogP contribution in [0, 0.1) is 12.8 Å². The zero-order valence-corrected chi connectivity index (χ0v) is 16.8. The van der Waals surface area contributed by atoms with Crippen molar-refractivity contribution in [3.05, 3.63) is 28.1 Å². The summed E-state index contributed by atoms with van der Waals surface area (Å²) in [6, 6.07) is 3.27. The summed E-state index contributed by atoms with van der Waals surface area (Å²) in [6.45, 7) is 3.74. The second kappa shape index (κ2) is 7.55. The Morgan fingerprint density at radius 2 is 2.15 bits per heavy atom. The molecule has 0 aromatic carbocycles. The molecule has 2 aromatic rings. The molecule has 0 bridgehead atoms. The van der Waals surface area contributed by atoms with Crippen LogP contribution in [-0.4, -0.2) is 42.5 Å². The lowest BCUT2D eigenvalue weighted by atomic mass is 9.99. The monoisotopic (exact) mass is 413 g/mol. The van der Waals surface area contributed by atoms with Crippen LogP contribution in [0.1, 0.15) is 35.1 Å². The van der Waals surface area contributed by atoms with Gasteiger partial charge in [0.25, 0.3) is 10.0 Å². The molecule has 0 radical (unpaired) electrons. The van der Waals surface area contributed by atoms with Crippen molar-refractivity contribution in [1.82, 2.24) is 9.29 Å². The van der Waals surface area contributed by atoms with E-state index in [0.717, 1.165) is 11.3 Å². The molecule has 1 unspecified atom stereocenters. The summed E-state index contributed by atoms with van der Waals surface area (Å²) >= 11 is 2.31. The highest BCUT2D eigenvalue weighted by Gasteiger charge is 2.34. The number of thiazole rings is 1. The molecule has 26 heavy (non-hydrogen) atoms. The van der Waals surface area contributed by atoms with Crippen LogP contribution in [0.25, 0.3) is 0 Å². The van der Waals surface area contributed by atoms with Gasteiger partial charge >= 0.3 is 0 Å². The molecule has 0 saturated carbocycles. The highest BCUT2D eigenvalue weighted by Crippen LogP contribution is 2.28. The van der Waals surface area contributed by atoms with E-state index < -0.39 is 15.9 Å². The van der Waals surface area contributed by atoms with E-state index in [9.17, 15) is 18.0 Å². The molecule has 1 fully saturated rings. The number of ketones is 1. The summed E-state index contributed by atoms with van der Waals surface area (Å²) in [6.07, 6.45) is 1.24. The fraction of sp³-hybridized carbons (Fsp3) is 0.438. The average molecular weight is 414 g/mol. The SMILES string of the molecule is CC(=O)c1sc(NC(=O)C2CCCN(S(=O)(=O)c3cccs3)C2)nc1C. The summed E-state index contributed by atoms with van der Waals surface area (Å²) in [4.78, 5) is 28.8. The van der Waals surface area contributed by atoms with Crippen molar-refractivity contribution in [3.8, 4) is 0 Å². The summed E-state index contributed by atoms with van der Waals surface area (Å²) in [5.74, 6) is -0.796. The topological polar surface area (TPSA) is 96.4 Å². The zero-order chi connectivity index (χ0) is 18.9. The van der Waals surface area contributed by atoms with Gasteiger partial charge in [0.2, 0.25) is 5.91 Å². The number of carbonyl (C=O) groups is 2. The number of aromatic nitrogens is 1. The minimum atomic E-state index is -3.56. The normalized spacial score (nSPS) is 18.6. The second-order valence-corrected chi connectivity index (χ2v) is 10.2. The van der Waals surface area contributed by atoms with Gasteiger partial charge in [-0.3, -0.25) is 9.59 Å². The van der Waals surface area contributed by atoms with Gasteiger partial charge in [0.15, 0.2) is 10.9 Å².